The predicted molar refractivity (Wildman–Crippen MR) is 80.6 cm³/mol. The molecule has 1 fully saturated rings. The van der Waals surface area contributed by atoms with E-state index in [1.54, 1.807) is 0 Å². The largest absolute Gasteiger partial charge is 0.360 e. The second kappa shape index (κ2) is 4.82. The van der Waals surface area contributed by atoms with Crippen molar-refractivity contribution in [3.63, 3.8) is 0 Å². The maximum atomic E-state index is 6.40. The Morgan fingerprint density at radius 1 is 1.47 bits per heavy atom. The van der Waals surface area contributed by atoms with Gasteiger partial charge in [0, 0.05) is 24.2 Å². The first-order valence-corrected chi connectivity index (χ1v) is 7.15. The van der Waals surface area contributed by atoms with Crippen LogP contribution in [0.4, 0.5) is 0 Å². The molecule has 1 aromatic carbocycles. The van der Waals surface area contributed by atoms with Gasteiger partial charge in [-0.15, -0.1) is 0 Å². The summed E-state index contributed by atoms with van der Waals surface area (Å²) in [6, 6.07) is 4.80. The molecule has 3 rings (SSSR count). The van der Waals surface area contributed by atoms with Crippen LogP contribution in [0.2, 0.25) is 5.02 Å². The van der Waals surface area contributed by atoms with Crippen molar-refractivity contribution in [3.05, 3.63) is 34.5 Å². The molecule has 0 spiro atoms. The van der Waals surface area contributed by atoms with E-state index in [2.05, 4.69) is 36.0 Å². The van der Waals surface area contributed by atoms with E-state index in [0.717, 1.165) is 30.0 Å². The van der Waals surface area contributed by atoms with Gasteiger partial charge in [-0.1, -0.05) is 11.6 Å². The number of aromatic amines is 1. The Kier molecular flexibility index (Phi) is 3.29. The molecule has 19 heavy (non-hydrogen) atoms. The van der Waals surface area contributed by atoms with Crippen LogP contribution in [0.25, 0.3) is 10.9 Å². The summed E-state index contributed by atoms with van der Waals surface area (Å²) in [5.41, 5.74) is 9.40. The van der Waals surface area contributed by atoms with Gasteiger partial charge in [-0.25, -0.2) is 0 Å². The van der Waals surface area contributed by atoms with Gasteiger partial charge in [-0.05, 0) is 56.1 Å². The molecule has 102 valence electrons. The van der Waals surface area contributed by atoms with Crippen LogP contribution in [0.3, 0.4) is 0 Å². The smallest absolute Gasteiger partial charge is 0.0650 e. The molecule has 3 N–H and O–H groups in total. The molecule has 2 unspecified atom stereocenters. The van der Waals surface area contributed by atoms with Crippen molar-refractivity contribution < 1.29 is 0 Å². The molecule has 3 nitrogen and oxygen atoms in total. The fraction of sp³-hybridized carbons (Fsp3) is 0.467. The zero-order chi connectivity index (χ0) is 13.6. The Labute approximate surface area is 118 Å². The first kappa shape index (κ1) is 13.0. The zero-order valence-electron chi connectivity index (χ0n) is 11.4. The van der Waals surface area contributed by atoms with E-state index in [4.69, 9.17) is 17.3 Å². The minimum atomic E-state index is 0.435. The Morgan fingerprint density at radius 3 is 2.95 bits per heavy atom. The van der Waals surface area contributed by atoms with Crippen LogP contribution in [0.5, 0.6) is 0 Å². The summed E-state index contributed by atoms with van der Waals surface area (Å²) >= 11 is 6.40. The van der Waals surface area contributed by atoms with Crippen molar-refractivity contribution in [1.29, 1.82) is 0 Å². The Bertz CT molecular complexity index is 605. The molecule has 0 radical (unpaired) electrons. The fourth-order valence-electron chi connectivity index (χ4n) is 3.20. The van der Waals surface area contributed by atoms with Crippen molar-refractivity contribution in [2.24, 2.45) is 11.7 Å². The lowest BCUT2D eigenvalue weighted by atomic mass is 9.98. The van der Waals surface area contributed by atoms with Crippen LogP contribution in [0.1, 0.15) is 23.6 Å². The number of hydrogen-bond donors (Lipinski definition) is 2. The Balaban J connectivity index is 2.03. The molecule has 2 atom stereocenters. The van der Waals surface area contributed by atoms with E-state index in [0.29, 0.717) is 12.0 Å². The van der Waals surface area contributed by atoms with Crippen molar-refractivity contribution >= 4 is 22.5 Å². The third kappa shape index (κ3) is 2.16. The minimum Gasteiger partial charge on any atom is -0.360 e. The molecule has 0 saturated carbocycles. The van der Waals surface area contributed by atoms with Gasteiger partial charge in [0.2, 0.25) is 0 Å². The zero-order valence-corrected chi connectivity index (χ0v) is 12.2. The number of nitrogens with zero attached hydrogens (tertiary/aromatic N) is 1. The monoisotopic (exact) mass is 277 g/mol. The maximum Gasteiger partial charge on any atom is 0.0650 e. The SMILES string of the molecule is Cc1c[nH]c2c(Cl)cc(C3CC(CN)CN3C)cc12. The van der Waals surface area contributed by atoms with Gasteiger partial charge < -0.3 is 10.7 Å². The number of nitrogens with one attached hydrogen (secondary N) is 1. The lowest BCUT2D eigenvalue weighted by molar-refractivity contribution is 0.314. The average Bonchev–Trinajstić information content (AvgIpc) is 2.94. The standard InChI is InChI=1S/C15H20ClN3/c1-9-7-18-15-12(9)4-11(5-13(15)16)14-3-10(6-17)8-19(14)2/h4-5,7,10,14,18H,3,6,8,17H2,1-2H3. The van der Waals surface area contributed by atoms with Crippen LogP contribution in [-0.4, -0.2) is 30.0 Å². The molecule has 0 bridgehead atoms. The molecule has 1 aromatic heterocycles. The summed E-state index contributed by atoms with van der Waals surface area (Å²) in [4.78, 5) is 5.63. The quantitative estimate of drug-likeness (QED) is 0.886. The van der Waals surface area contributed by atoms with E-state index in [1.165, 1.54) is 16.5 Å². The number of rotatable bonds is 2. The molecular weight excluding hydrogens is 258 g/mol. The molecule has 2 aromatic rings. The average molecular weight is 278 g/mol. The lowest BCUT2D eigenvalue weighted by Crippen LogP contribution is -2.20. The topological polar surface area (TPSA) is 45.1 Å². The number of hydrogen-bond acceptors (Lipinski definition) is 2. The Hall–Kier alpha value is -1.03. The Morgan fingerprint density at radius 2 is 2.26 bits per heavy atom. The molecular formula is C15H20ClN3. The van der Waals surface area contributed by atoms with Gasteiger partial charge >= 0.3 is 0 Å². The van der Waals surface area contributed by atoms with E-state index in [-0.39, 0.29) is 0 Å². The van der Waals surface area contributed by atoms with E-state index >= 15 is 0 Å². The van der Waals surface area contributed by atoms with Gasteiger partial charge in [0.05, 0.1) is 10.5 Å². The van der Waals surface area contributed by atoms with Gasteiger partial charge in [-0.2, -0.15) is 0 Å². The third-order valence-corrected chi connectivity index (χ3v) is 4.62. The van der Waals surface area contributed by atoms with Crippen LogP contribution in [0.15, 0.2) is 18.3 Å². The van der Waals surface area contributed by atoms with Gasteiger partial charge in [0.1, 0.15) is 0 Å². The number of benzene rings is 1. The predicted octanol–water partition coefficient (Wildman–Crippen LogP) is 3.08. The first-order valence-electron chi connectivity index (χ1n) is 6.77. The van der Waals surface area contributed by atoms with Crippen LogP contribution in [0, 0.1) is 12.8 Å². The number of aryl methyl sites for hydroxylation is 1. The molecule has 1 aliphatic heterocycles. The number of fused-ring (bicyclic) bond motifs is 1. The number of halogens is 1. The third-order valence-electron chi connectivity index (χ3n) is 4.32. The summed E-state index contributed by atoms with van der Waals surface area (Å²) in [6.07, 6.45) is 3.14. The van der Waals surface area contributed by atoms with Crippen molar-refractivity contribution in [2.75, 3.05) is 20.1 Å². The van der Waals surface area contributed by atoms with Gasteiger partial charge in [0.25, 0.3) is 0 Å². The summed E-state index contributed by atoms with van der Waals surface area (Å²) in [5, 5.41) is 2.04. The molecule has 2 heterocycles. The molecule has 1 saturated heterocycles. The van der Waals surface area contributed by atoms with E-state index < -0.39 is 0 Å². The summed E-state index contributed by atoms with van der Waals surface area (Å²) in [7, 11) is 2.17. The molecule has 0 aliphatic carbocycles. The number of H-pyrrole nitrogens is 1. The van der Waals surface area contributed by atoms with Gasteiger partial charge in [0.15, 0.2) is 0 Å². The molecule has 0 amide bonds. The number of nitrogens with two attached hydrogens (primary N) is 1. The van der Waals surface area contributed by atoms with Gasteiger partial charge in [-0.3, -0.25) is 4.90 Å². The highest BCUT2D eigenvalue weighted by Gasteiger charge is 2.30. The summed E-state index contributed by atoms with van der Waals surface area (Å²) in [6.45, 7) is 3.95. The molecule has 1 aliphatic rings. The maximum absolute atomic E-state index is 6.40. The molecule has 4 heteroatoms. The van der Waals surface area contributed by atoms with Crippen molar-refractivity contribution in [1.82, 2.24) is 9.88 Å². The highest BCUT2D eigenvalue weighted by Crippen LogP contribution is 2.37. The number of likely N-dealkylation sites (tertiary alicyclic amines) is 1. The highest BCUT2D eigenvalue weighted by atomic mass is 35.5. The fourth-order valence-corrected chi connectivity index (χ4v) is 3.48. The van der Waals surface area contributed by atoms with E-state index in [1.807, 2.05) is 6.20 Å². The second-order valence-corrected chi connectivity index (χ2v) is 6.10. The highest BCUT2D eigenvalue weighted by molar-refractivity contribution is 6.35. The van der Waals surface area contributed by atoms with E-state index in [9.17, 15) is 0 Å². The first-order chi connectivity index (χ1) is 9.10. The van der Waals surface area contributed by atoms with Crippen LogP contribution in [-0.2, 0) is 0 Å². The minimum absolute atomic E-state index is 0.435. The lowest BCUT2D eigenvalue weighted by Gasteiger charge is -2.20. The van der Waals surface area contributed by atoms with Crippen LogP contribution >= 0.6 is 11.6 Å². The normalized spacial score (nSPS) is 24.4. The van der Waals surface area contributed by atoms with Crippen molar-refractivity contribution in [3.8, 4) is 0 Å². The van der Waals surface area contributed by atoms with Crippen LogP contribution < -0.4 is 5.73 Å². The summed E-state index contributed by atoms with van der Waals surface area (Å²) < 4.78 is 0. The number of aromatic nitrogens is 1. The second-order valence-electron chi connectivity index (χ2n) is 5.69. The van der Waals surface area contributed by atoms with Crippen molar-refractivity contribution in [2.45, 2.75) is 19.4 Å². The summed E-state index contributed by atoms with van der Waals surface area (Å²) in [5.74, 6) is 0.594.